The standard InChI is InChI=1S/C56H46N2O/c1-55(2,3)39-23-29-50-45(31-39)46-32-40(56(4,5)6)24-30-51(46)57(50)41-25-19-37(20-26-41)35-15-17-36(18-16-35)38-21-27-42(28-22-38)58-49-13-9-7-11-43(49)47-34-54-48(33-52(47)58)44-12-8-10-14-53(44)59-54/h7-34H,1-6H3. The fourth-order valence-corrected chi connectivity index (χ4v) is 9.16. The zero-order valence-electron chi connectivity index (χ0n) is 34.5. The van der Waals surface area contributed by atoms with Crippen molar-refractivity contribution in [3.63, 3.8) is 0 Å². The van der Waals surface area contributed by atoms with Gasteiger partial charge in [0.25, 0.3) is 0 Å². The van der Waals surface area contributed by atoms with Crippen molar-refractivity contribution in [3.8, 4) is 33.6 Å². The second-order valence-electron chi connectivity index (χ2n) is 18.3. The summed E-state index contributed by atoms with van der Waals surface area (Å²) >= 11 is 0. The first-order chi connectivity index (χ1) is 28.5. The lowest BCUT2D eigenvalue weighted by Gasteiger charge is -2.19. The van der Waals surface area contributed by atoms with Gasteiger partial charge in [0.05, 0.1) is 22.1 Å². The lowest BCUT2D eigenvalue weighted by atomic mass is 9.85. The van der Waals surface area contributed by atoms with Crippen LogP contribution in [0, 0.1) is 0 Å². The fourth-order valence-electron chi connectivity index (χ4n) is 9.16. The van der Waals surface area contributed by atoms with E-state index in [0.717, 1.165) is 27.6 Å². The first kappa shape index (κ1) is 35.3. The Morgan fingerprint density at radius 2 is 0.746 bits per heavy atom. The van der Waals surface area contributed by atoms with E-state index in [9.17, 15) is 0 Å². The van der Waals surface area contributed by atoms with Gasteiger partial charge in [0.15, 0.2) is 0 Å². The molecule has 11 rings (SSSR count). The Morgan fingerprint density at radius 1 is 0.322 bits per heavy atom. The SMILES string of the molecule is CC(C)(C)c1ccc2c(c1)c1cc(C(C)(C)C)ccc1n2-c1ccc(-c2ccc(-c3ccc(-n4c5ccccc5c5cc6oc7ccccc7c6cc54)cc3)cc2)cc1. The maximum Gasteiger partial charge on any atom is 0.136 e. The zero-order chi connectivity index (χ0) is 40.2. The smallest absolute Gasteiger partial charge is 0.136 e. The molecule has 3 heterocycles. The predicted molar refractivity (Wildman–Crippen MR) is 251 cm³/mol. The minimum Gasteiger partial charge on any atom is -0.456 e. The van der Waals surface area contributed by atoms with E-state index in [1.807, 2.05) is 12.1 Å². The molecule has 59 heavy (non-hydrogen) atoms. The Balaban J connectivity index is 0.914. The van der Waals surface area contributed by atoms with Gasteiger partial charge in [0, 0.05) is 43.7 Å². The number of hydrogen-bond acceptors (Lipinski definition) is 1. The van der Waals surface area contributed by atoms with Crippen LogP contribution in [0.5, 0.6) is 0 Å². The molecule has 3 heteroatoms. The van der Waals surface area contributed by atoms with Gasteiger partial charge in [-0.05, 0) is 117 Å². The highest BCUT2D eigenvalue weighted by Gasteiger charge is 2.21. The highest BCUT2D eigenvalue weighted by molar-refractivity contribution is 6.17. The quantitative estimate of drug-likeness (QED) is 0.175. The lowest BCUT2D eigenvalue weighted by molar-refractivity contribution is 0.590. The van der Waals surface area contributed by atoms with Crippen LogP contribution in [0.1, 0.15) is 52.7 Å². The molecule has 0 saturated carbocycles. The third kappa shape index (κ3) is 5.71. The van der Waals surface area contributed by atoms with E-state index in [0.29, 0.717) is 0 Å². The number of rotatable bonds is 4. The molecule has 0 fully saturated rings. The Labute approximate surface area is 344 Å². The predicted octanol–water partition coefficient (Wildman–Crippen LogP) is 15.7. The first-order valence-electron chi connectivity index (χ1n) is 20.7. The van der Waals surface area contributed by atoms with Gasteiger partial charge < -0.3 is 13.6 Å². The summed E-state index contributed by atoms with van der Waals surface area (Å²) in [5.41, 5.74) is 16.6. The van der Waals surface area contributed by atoms with Crippen LogP contribution >= 0.6 is 0 Å². The van der Waals surface area contributed by atoms with Gasteiger partial charge in [-0.2, -0.15) is 0 Å². The highest BCUT2D eigenvalue weighted by atomic mass is 16.3. The third-order valence-corrected chi connectivity index (χ3v) is 12.5. The van der Waals surface area contributed by atoms with Gasteiger partial charge in [0.2, 0.25) is 0 Å². The molecular formula is C56H46N2O. The molecule has 0 saturated heterocycles. The Kier molecular flexibility index (Phi) is 7.68. The molecule has 0 aliphatic rings. The molecule has 0 amide bonds. The van der Waals surface area contributed by atoms with Crippen LogP contribution < -0.4 is 0 Å². The number of para-hydroxylation sites is 2. The van der Waals surface area contributed by atoms with Crippen molar-refractivity contribution >= 4 is 65.6 Å². The maximum atomic E-state index is 6.29. The van der Waals surface area contributed by atoms with E-state index in [-0.39, 0.29) is 10.8 Å². The fraction of sp³-hybridized carbons (Fsp3) is 0.143. The molecule has 0 aliphatic heterocycles. The van der Waals surface area contributed by atoms with E-state index in [4.69, 9.17) is 4.42 Å². The molecule has 3 aromatic heterocycles. The number of hydrogen-bond donors (Lipinski definition) is 0. The van der Waals surface area contributed by atoms with Crippen LogP contribution in [0.15, 0.2) is 174 Å². The molecular weight excluding hydrogens is 717 g/mol. The summed E-state index contributed by atoms with van der Waals surface area (Å²) in [5.74, 6) is 0. The van der Waals surface area contributed by atoms with Crippen molar-refractivity contribution in [2.75, 3.05) is 0 Å². The van der Waals surface area contributed by atoms with Crippen LogP contribution in [0.4, 0.5) is 0 Å². The van der Waals surface area contributed by atoms with Gasteiger partial charge in [-0.3, -0.25) is 0 Å². The van der Waals surface area contributed by atoms with Crippen LogP contribution in [0.2, 0.25) is 0 Å². The lowest BCUT2D eigenvalue weighted by Crippen LogP contribution is -2.10. The Bertz CT molecular complexity index is 3340. The summed E-state index contributed by atoms with van der Waals surface area (Å²) in [6.07, 6.45) is 0. The van der Waals surface area contributed by atoms with Crippen molar-refractivity contribution in [1.82, 2.24) is 9.13 Å². The molecule has 0 unspecified atom stereocenters. The molecule has 3 nitrogen and oxygen atoms in total. The summed E-state index contributed by atoms with van der Waals surface area (Å²) in [6, 6.07) is 62.5. The largest absolute Gasteiger partial charge is 0.456 e. The van der Waals surface area contributed by atoms with Gasteiger partial charge in [-0.15, -0.1) is 0 Å². The summed E-state index contributed by atoms with van der Waals surface area (Å²) in [7, 11) is 0. The second-order valence-corrected chi connectivity index (χ2v) is 18.3. The molecule has 0 bridgehead atoms. The normalized spacial score (nSPS) is 12.6. The monoisotopic (exact) mass is 762 g/mol. The first-order valence-corrected chi connectivity index (χ1v) is 20.7. The van der Waals surface area contributed by atoms with Crippen LogP contribution in [0.3, 0.4) is 0 Å². The molecule has 286 valence electrons. The van der Waals surface area contributed by atoms with Gasteiger partial charge in [0.1, 0.15) is 11.2 Å². The second kappa shape index (κ2) is 12.8. The van der Waals surface area contributed by atoms with Crippen molar-refractivity contribution in [3.05, 3.63) is 181 Å². The van der Waals surface area contributed by atoms with Crippen molar-refractivity contribution < 1.29 is 4.42 Å². The van der Waals surface area contributed by atoms with E-state index < -0.39 is 0 Å². The molecule has 0 aliphatic carbocycles. The van der Waals surface area contributed by atoms with Crippen LogP contribution in [-0.2, 0) is 10.8 Å². The highest BCUT2D eigenvalue weighted by Crippen LogP contribution is 2.40. The molecule has 0 spiro atoms. The summed E-state index contributed by atoms with van der Waals surface area (Å²) in [6.45, 7) is 13.8. The number of furan rings is 1. The minimum absolute atomic E-state index is 0.0728. The Morgan fingerprint density at radius 3 is 1.27 bits per heavy atom. The zero-order valence-corrected chi connectivity index (χ0v) is 34.5. The minimum atomic E-state index is 0.0728. The average Bonchev–Trinajstić information content (AvgIpc) is 3.89. The molecule has 0 N–H and O–H groups in total. The van der Waals surface area contributed by atoms with Gasteiger partial charge >= 0.3 is 0 Å². The van der Waals surface area contributed by atoms with Crippen LogP contribution in [-0.4, -0.2) is 9.13 Å². The van der Waals surface area contributed by atoms with E-state index >= 15 is 0 Å². The van der Waals surface area contributed by atoms with E-state index in [2.05, 4.69) is 208 Å². The summed E-state index contributed by atoms with van der Waals surface area (Å²) in [5, 5.41) is 7.32. The topological polar surface area (TPSA) is 23.0 Å². The van der Waals surface area contributed by atoms with E-state index in [1.54, 1.807) is 0 Å². The average molecular weight is 763 g/mol. The maximum absolute atomic E-state index is 6.29. The molecule has 8 aromatic carbocycles. The number of benzene rings is 8. The van der Waals surface area contributed by atoms with Crippen molar-refractivity contribution in [2.45, 2.75) is 52.4 Å². The number of aromatic nitrogens is 2. The van der Waals surface area contributed by atoms with Gasteiger partial charge in [-0.1, -0.05) is 139 Å². The third-order valence-electron chi connectivity index (χ3n) is 12.5. The Hall–Kier alpha value is -6.84. The molecule has 0 radical (unpaired) electrons. The molecule has 0 atom stereocenters. The van der Waals surface area contributed by atoms with Crippen molar-refractivity contribution in [2.24, 2.45) is 0 Å². The number of fused-ring (bicyclic) bond motifs is 9. The van der Waals surface area contributed by atoms with Gasteiger partial charge in [-0.25, -0.2) is 0 Å². The summed E-state index contributed by atoms with van der Waals surface area (Å²) in [4.78, 5) is 0. The number of nitrogens with zero attached hydrogens (tertiary/aromatic N) is 2. The van der Waals surface area contributed by atoms with Crippen molar-refractivity contribution in [1.29, 1.82) is 0 Å². The summed E-state index contributed by atoms with van der Waals surface area (Å²) < 4.78 is 11.1. The molecule has 11 aromatic rings. The van der Waals surface area contributed by atoms with E-state index in [1.165, 1.54) is 82.7 Å². The van der Waals surface area contributed by atoms with Crippen LogP contribution in [0.25, 0.3) is 99.2 Å².